The molecule has 90 valence electrons. The zero-order chi connectivity index (χ0) is 12.1. The van der Waals surface area contributed by atoms with E-state index in [0.29, 0.717) is 11.5 Å². The average Bonchev–Trinajstić information content (AvgIpc) is 2.58. The number of carbonyl (C=O) groups is 1. The molecule has 0 aliphatic heterocycles. The highest BCUT2D eigenvalue weighted by Gasteiger charge is 2.14. The van der Waals surface area contributed by atoms with E-state index >= 15 is 0 Å². The Morgan fingerprint density at radius 3 is 2.94 bits per heavy atom. The highest BCUT2D eigenvalue weighted by atomic mass is 19.3. The van der Waals surface area contributed by atoms with Crippen molar-refractivity contribution in [3.63, 3.8) is 0 Å². The summed E-state index contributed by atoms with van der Waals surface area (Å²) in [5.41, 5.74) is 2.21. The summed E-state index contributed by atoms with van der Waals surface area (Å²) in [5.74, 6) is 5.11. The Morgan fingerprint density at radius 2 is 2.38 bits per heavy atom. The van der Waals surface area contributed by atoms with E-state index in [1.807, 2.05) is 5.43 Å². The molecule has 1 rings (SSSR count). The highest BCUT2D eigenvalue weighted by molar-refractivity contribution is 5.94. The van der Waals surface area contributed by atoms with E-state index < -0.39 is 18.9 Å². The van der Waals surface area contributed by atoms with Crippen molar-refractivity contribution in [2.24, 2.45) is 5.84 Å². The number of nitrogens with one attached hydrogen (secondary N) is 1. The Bertz CT molecular complexity index is 366. The molecule has 0 radical (unpaired) electrons. The molecular weight excluding hydrogens is 222 g/mol. The van der Waals surface area contributed by atoms with E-state index in [2.05, 4.69) is 4.74 Å². The van der Waals surface area contributed by atoms with Gasteiger partial charge < -0.3 is 9.15 Å². The van der Waals surface area contributed by atoms with Crippen LogP contribution >= 0.6 is 0 Å². The zero-order valence-corrected chi connectivity index (χ0v) is 8.63. The highest BCUT2D eigenvalue weighted by Crippen LogP contribution is 2.15. The van der Waals surface area contributed by atoms with Gasteiger partial charge in [0, 0.05) is 0 Å². The lowest BCUT2D eigenvalue weighted by atomic mass is 10.2. The molecule has 0 aromatic carbocycles. The fourth-order valence-electron chi connectivity index (χ4n) is 1.17. The third-order valence-corrected chi connectivity index (χ3v) is 1.83. The van der Waals surface area contributed by atoms with Crippen LogP contribution in [0.15, 0.2) is 10.5 Å². The number of ether oxygens (including phenoxy) is 1. The van der Waals surface area contributed by atoms with Gasteiger partial charge in [0.05, 0.1) is 5.56 Å². The molecule has 3 N–H and O–H groups in total. The van der Waals surface area contributed by atoms with E-state index in [-0.39, 0.29) is 12.2 Å². The maximum absolute atomic E-state index is 11.8. The predicted molar refractivity (Wildman–Crippen MR) is 50.8 cm³/mol. The van der Waals surface area contributed by atoms with E-state index in [0.717, 1.165) is 0 Å². The number of furan rings is 1. The molecule has 0 saturated heterocycles. The smallest absolute Gasteiger partial charge is 0.268 e. The fraction of sp³-hybridized carbons (Fsp3) is 0.444. The van der Waals surface area contributed by atoms with Gasteiger partial charge in [0.1, 0.15) is 24.7 Å². The molecule has 1 amide bonds. The van der Waals surface area contributed by atoms with Gasteiger partial charge in [-0.15, -0.1) is 0 Å². The van der Waals surface area contributed by atoms with Crippen LogP contribution in [0.3, 0.4) is 0 Å². The molecule has 0 unspecified atom stereocenters. The summed E-state index contributed by atoms with van der Waals surface area (Å²) in [6.07, 6.45) is -2.53. The zero-order valence-electron chi connectivity index (χ0n) is 8.63. The van der Waals surface area contributed by atoms with Crippen LogP contribution in [0, 0.1) is 6.92 Å². The van der Waals surface area contributed by atoms with Crippen molar-refractivity contribution in [2.45, 2.75) is 20.0 Å². The third kappa shape index (κ3) is 3.28. The number of hydrazine groups is 1. The first-order chi connectivity index (χ1) is 7.54. The standard InChI is InChI=1S/C9H12F2N2O3/c1-5-7(9(14)13-12)2-6(16-5)3-15-4-8(10)11/h2,8H,3-4,12H2,1H3,(H,13,14). The topological polar surface area (TPSA) is 77.5 Å². The number of rotatable bonds is 5. The number of nitrogens with two attached hydrogens (primary N) is 1. The van der Waals surface area contributed by atoms with Gasteiger partial charge in [-0.2, -0.15) is 0 Å². The molecule has 0 aliphatic carbocycles. The number of nitrogen functional groups attached to an aromatic ring is 1. The Hall–Kier alpha value is -1.47. The Kier molecular flexibility index (Phi) is 4.39. The molecule has 0 saturated carbocycles. The lowest BCUT2D eigenvalue weighted by molar-refractivity contribution is 0.00437. The molecule has 1 aromatic rings. The minimum Gasteiger partial charge on any atom is -0.463 e. The molecular formula is C9H12F2N2O3. The molecule has 1 heterocycles. The van der Waals surface area contributed by atoms with Crippen molar-refractivity contribution in [3.05, 3.63) is 23.2 Å². The summed E-state index contributed by atoms with van der Waals surface area (Å²) >= 11 is 0. The van der Waals surface area contributed by atoms with Crippen molar-refractivity contribution in [3.8, 4) is 0 Å². The molecule has 0 atom stereocenters. The summed E-state index contributed by atoms with van der Waals surface area (Å²) < 4.78 is 33.3. The number of aryl methyl sites for hydroxylation is 1. The maximum atomic E-state index is 11.8. The molecule has 0 spiro atoms. The summed E-state index contributed by atoms with van der Waals surface area (Å²) in [5, 5.41) is 0. The monoisotopic (exact) mass is 234 g/mol. The maximum Gasteiger partial charge on any atom is 0.268 e. The number of halogens is 2. The van der Waals surface area contributed by atoms with Crippen molar-refractivity contribution in [1.82, 2.24) is 5.43 Å². The first-order valence-corrected chi connectivity index (χ1v) is 4.50. The van der Waals surface area contributed by atoms with Crippen LogP contribution in [0.1, 0.15) is 21.9 Å². The number of hydrogen-bond acceptors (Lipinski definition) is 4. The van der Waals surface area contributed by atoms with Gasteiger partial charge >= 0.3 is 0 Å². The Balaban J connectivity index is 2.59. The summed E-state index contributed by atoms with van der Waals surface area (Å²) in [7, 11) is 0. The normalized spacial score (nSPS) is 10.8. The average molecular weight is 234 g/mol. The molecule has 0 fully saturated rings. The van der Waals surface area contributed by atoms with Gasteiger partial charge in [-0.25, -0.2) is 14.6 Å². The fourth-order valence-corrected chi connectivity index (χ4v) is 1.17. The molecule has 0 bridgehead atoms. The van der Waals surface area contributed by atoms with Gasteiger partial charge in [0.15, 0.2) is 0 Å². The molecule has 0 aliphatic rings. The van der Waals surface area contributed by atoms with Crippen molar-refractivity contribution in [2.75, 3.05) is 6.61 Å². The quantitative estimate of drug-likeness (QED) is 0.452. The van der Waals surface area contributed by atoms with Crippen LogP contribution < -0.4 is 11.3 Å². The van der Waals surface area contributed by atoms with E-state index in [1.165, 1.54) is 6.07 Å². The Labute approximate surface area is 90.5 Å². The van der Waals surface area contributed by atoms with Gasteiger partial charge in [-0.3, -0.25) is 10.2 Å². The molecule has 1 aromatic heterocycles. The SMILES string of the molecule is Cc1oc(COCC(F)F)cc1C(=O)NN. The first-order valence-electron chi connectivity index (χ1n) is 4.50. The van der Waals surface area contributed by atoms with Crippen molar-refractivity contribution >= 4 is 5.91 Å². The van der Waals surface area contributed by atoms with Gasteiger partial charge in [0.2, 0.25) is 0 Å². The lowest BCUT2D eigenvalue weighted by Crippen LogP contribution is -2.30. The van der Waals surface area contributed by atoms with Crippen molar-refractivity contribution < 1.29 is 22.7 Å². The minimum absolute atomic E-state index is 0.108. The van der Waals surface area contributed by atoms with Crippen molar-refractivity contribution in [1.29, 1.82) is 0 Å². The summed E-state index contributed by atoms with van der Waals surface area (Å²) in [4.78, 5) is 11.2. The molecule has 16 heavy (non-hydrogen) atoms. The number of alkyl halides is 2. The van der Waals surface area contributed by atoms with Crippen LogP contribution in [0.2, 0.25) is 0 Å². The number of carbonyl (C=O) groups excluding carboxylic acids is 1. The minimum atomic E-state index is -2.53. The molecule has 5 nitrogen and oxygen atoms in total. The Morgan fingerprint density at radius 1 is 1.69 bits per heavy atom. The number of amides is 1. The van der Waals surface area contributed by atoms with Gasteiger partial charge in [0.25, 0.3) is 12.3 Å². The van der Waals surface area contributed by atoms with Crippen LogP contribution in [0.5, 0.6) is 0 Å². The summed E-state index contributed by atoms with van der Waals surface area (Å²) in [6.45, 7) is 0.794. The van der Waals surface area contributed by atoms with Gasteiger partial charge in [-0.1, -0.05) is 0 Å². The molecule has 7 heteroatoms. The predicted octanol–water partition coefficient (Wildman–Crippen LogP) is 0.973. The third-order valence-electron chi connectivity index (χ3n) is 1.83. The van der Waals surface area contributed by atoms with E-state index in [9.17, 15) is 13.6 Å². The van der Waals surface area contributed by atoms with Crippen LogP contribution in [0.4, 0.5) is 8.78 Å². The second-order valence-electron chi connectivity index (χ2n) is 3.06. The van der Waals surface area contributed by atoms with Crippen LogP contribution in [-0.2, 0) is 11.3 Å². The van der Waals surface area contributed by atoms with E-state index in [4.69, 9.17) is 10.3 Å². The first kappa shape index (κ1) is 12.6. The van der Waals surface area contributed by atoms with Crippen LogP contribution in [-0.4, -0.2) is 18.9 Å². The van der Waals surface area contributed by atoms with Crippen LogP contribution in [0.25, 0.3) is 0 Å². The largest absolute Gasteiger partial charge is 0.463 e. The second-order valence-corrected chi connectivity index (χ2v) is 3.06. The van der Waals surface area contributed by atoms with Gasteiger partial charge in [-0.05, 0) is 13.0 Å². The number of hydrogen-bond donors (Lipinski definition) is 2. The van der Waals surface area contributed by atoms with E-state index in [1.54, 1.807) is 6.92 Å². The summed E-state index contributed by atoms with van der Waals surface area (Å²) in [6, 6.07) is 1.41. The second kappa shape index (κ2) is 5.57. The lowest BCUT2D eigenvalue weighted by Gasteiger charge is -1.99.